The minimum Gasteiger partial charge on any atom is -0.484 e. The van der Waals surface area contributed by atoms with Crippen molar-refractivity contribution in [2.75, 3.05) is 13.2 Å². The maximum Gasteiger partial charge on any atom is 0.270 e. The van der Waals surface area contributed by atoms with Gasteiger partial charge in [-0.3, -0.25) is 4.79 Å². The average molecular weight is 371 g/mol. The van der Waals surface area contributed by atoms with E-state index < -0.39 is 5.95 Å². The van der Waals surface area contributed by atoms with Crippen molar-refractivity contribution in [2.45, 2.75) is 44.6 Å². The molecule has 0 unspecified atom stereocenters. The molecule has 1 aliphatic heterocycles. The third-order valence-corrected chi connectivity index (χ3v) is 4.95. The maximum absolute atomic E-state index is 13.4. The van der Waals surface area contributed by atoms with Crippen LogP contribution >= 0.6 is 0 Å². The first-order valence-corrected chi connectivity index (χ1v) is 9.40. The Balaban J connectivity index is 1.61. The molecule has 3 heterocycles. The molecule has 1 aliphatic carbocycles. The zero-order valence-electron chi connectivity index (χ0n) is 15.0. The highest BCUT2D eigenvalue weighted by Gasteiger charge is 2.24. The van der Waals surface area contributed by atoms with Gasteiger partial charge in [0.25, 0.3) is 11.8 Å². The van der Waals surface area contributed by atoms with Crippen LogP contribution < -0.4 is 14.8 Å². The molecule has 1 N–H and O–H groups in total. The molecule has 0 aromatic carbocycles. The second-order valence-corrected chi connectivity index (χ2v) is 6.97. The summed E-state index contributed by atoms with van der Waals surface area (Å²) in [6.07, 6.45) is 7.32. The molecular formula is C20H22FN3O3. The van der Waals surface area contributed by atoms with Gasteiger partial charge in [0.2, 0.25) is 5.95 Å². The molecule has 27 heavy (non-hydrogen) atoms. The number of halogens is 1. The molecule has 0 atom stereocenters. The predicted molar refractivity (Wildman–Crippen MR) is 96.6 cm³/mol. The number of amides is 1. The molecule has 1 saturated carbocycles. The highest BCUT2D eigenvalue weighted by atomic mass is 19.1. The second-order valence-electron chi connectivity index (χ2n) is 6.97. The van der Waals surface area contributed by atoms with Crippen LogP contribution in [-0.4, -0.2) is 35.1 Å². The average Bonchev–Trinajstić information content (AvgIpc) is 2.69. The molecule has 142 valence electrons. The molecule has 0 bridgehead atoms. The number of nitrogens with one attached hydrogen (secondary N) is 1. The van der Waals surface area contributed by atoms with E-state index in [4.69, 9.17) is 9.47 Å². The molecule has 0 radical (unpaired) electrons. The molecule has 2 aliphatic rings. The van der Waals surface area contributed by atoms with Gasteiger partial charge in [0.15, 0.2) is 5.75 Å². The molecule has 0 saturated heterocycles. The summed E-state index contributed by atoms with van der Waals surface area (Å²) in [5, 5.41) is 3.07. The first kappa shape index (κ1) is 17.7. The van der Waals surface area contributed by atoms with Crippen LogP contribution in [0.3, 0.4) is 0 Å². The number of ether oxygens (including phenoxy) is 2. The van der Waals surface area contributed by atoms with Crippen molar-refractivity contribution >= 4 is 5.91 Å². The smallest absolute Gasteiger partial charge is 0.270 e. The van der Waals surface area contributed by atoms with Gasteiger partial charge in [-0.15, -0.1) is 0 Å². The van der Waals surface area contributed by atoms with Crippen molar-refractivity contribution in [1.82, 2.24) is 15.3 Å². The zero-order chi connectivity index (χ0) is 18.6. The van der Waals surface area contributed by atoms with Crippen LogP contribution in [0.2, 0.25) is 0 Å². The molecule has 1 fully saturated rings. The number of rotatable bonds is 4. The Morgan fingerprint density at radius 3 is 2.81 bits per heavy atom. The zero-order valence-corrected chi connectivity index (χ0v) is 15.0. The fraction of sp³-hybridized carbons (Fsp3) is 0.450. The first-order valence-electron chi connectivity index (χ1n) is 9.40. The van der Waals surface area contributed by atoms with Gasteiger partial charge in [-0.2, -0.15) is 4.39 Å². The monoisotopic (exact) mass is 371 g/mol. The molecule has 7 heteroatoms. The fourth-order valence-electron chi connectivity index (χ4n) is 3.62. The van der Waals surface area contributed by atoms with Gasteiger partial charge in [-0.25, -0.2) is 9.97 Å². The summed E-state index contributed by atoms with van der Waals surface area (Å²) in [4.78, 5) is 20.7. The van der Waals surface area contributed by atoms with E-state index >= 15 is 0 Å². The predicted octanol–water partition coefficient (Wildman–Crippen LogP) is 3.04. The van der Waals surface area contributed by atoms with E-state index in [1.54, 1.807) is 12.1 Å². The molecule has 2 aromatic heterocycles. The lowest BCUT2D eigenvalue weighted by atomic mass is 9.95. The number of carbonyl (C=O) groups excluding carboxylic acids is 1. The Kier molecular flexibility index (Phi) is 5.18. The number of hydrogen-bond acceptors (Lipinski definition) is 5. The number of carbonyl (C=O) groups is 1. The van der Waals surface area contributed by atoms with E-state index in [0.29, 0.717) is 37.0 Å². The topological polar surface area (TPSA) is 73.3 Å². The number of aromatic nitrogens is 2. The lowest BCUT2D eigenvalue weighted by molar-refractivity contribution is 0.0919. The van der Waals surface area contributed by atoms with Crippen molar-refractivity contribution in [1.29, 1.82) is 0 Å². The van der Waals surface area contributed by atoms with Crippen molar-refractivity contribution < 1.29 is 18.7 Å². The number of nitrogens with zero attached hydrogens (tertiary/aromatic N) is 2. The van der Waals surface area contributed by atoms with Gasteiger partial charge in [0.1, 0.15) is 18.9 Å². The Bertz CT molecular complexity index is 837. The van der Waals surface area contributed by atoms with Crippen LogP contribution in [0.4, 0.5) is 4.39 Å². The van der Waals surface area contributed by atoms with Gasteiger partial charge in [0, 0.05) is 24.2 Å². The van der Waals surface area contributed by atoms with E-state index in [9.17, 15) is 9.18 Å². The van der Waals surface area contributed by atoms with E-state index in [1.165, 1.54) is 18.7 Å². The Morgan fingerprint density at radius 2 is 2.00 bits per heavy atom. The Hall–Kier alpha value is -2.70. The Labute approximate surface area is 157 Å². The Morgan fingerprint density at radius 1 is 1.19 bits per heavy atom. The SMILES string of the molecule is O=C(NC1CCCCC1)c1cc(Cc2ccnc(F)c2)c2c(n1)OCCO2. The number of hydrogen-bond donors (Lipinski definition) is 1. The van der Waals surface area contributed by atoms with Crippen molar-refractivity contribution in [3.05, 3.63) is 47.2 Å². The van der Waals surface area contributed by atoms with Gasteiger partial charge in [-0.05, 0) is 36.6 Å². The van der Waals surface area contributed by atoms with E-state index in [-0.39, 0.29) is 11.9 Å². The number of fused-ring (bicyclic) bond motifs is 1. The highest BCUT2D eigenvalue weighted by molar-refractivity contribution is 5.93. The lowest BCUT2D eigenvalue weighted by Crippen LogP contribution is -2.36. The minimum atomic E-state index is -0.539. The molecule has 4 rings (SSSR count). The van der Waals surface area contributed by atoms with Gasteiger partial charge < -0.3 is 14.8 Å². The third kappa shape index (κ3) is 4.18. The maximum atomic E-state index is 13.4. The molecule has 6 nitrogen and oxygen atoms in total. The van der Waals surface area contributed by atoms with Gasteiger partial charge in [-0.1, -0.05) is 19.3 Å². The van der Waals surface area contributed by atoms with E-state index in [2.05, 4.69) is 15.3 Å². The lowest BCUT2D eigenvalue weighted by Gasteiger charge is -2.24. The van der Waals surface area contributed by atoms with Crippen LogP contribution in [0.5, 0.6) is 11.6 Å². The summed E-state index contributed by atoms with van der Waals surface area (Å²) < 4.78 is 24.8. The van der Waals surface area contributed by atoms with Crippen LogP contribution in [0, 0.1) is 5.95 Å². The quantitative estimate of drug-likeness (QED) is 0.837. The van der Waals surface area contributed by atoms with E-state index in [1.807, 2.05) is 0 Å². The summed E-state index contributed by atoms with van der Waals surface area (Å²) in [5.74, 6) is 0.0960. The summed E-state index contributed by atoms with van der Waals surface area (Å²) in [7, 11) is 0. The first-order chi connectivity index (χ1) is 13.2. The second kappa shape index (κ2) is 7.90. The minimum absolute atomic E-state index is 0.194. The van der Waals surface area contributed by atoms with Crippen molar-refractivity contribution in [3.8, 4) is 11.6 Å². The van der Waals surface area contributed by atoms with Crippen molar-refractivity contribution in [2.24, 2.45) is 0 Å². The van der Waals surface area contributed by atoms with E-state index in [0.717, 1.165) is 36.8 Å². The summed E-state index contributed by atoms with van der Waals surface area (Å²) in [6.45, 7) is 0.803. The van der Waals surface area contributed by atoms with Crippen molar-refractivity contribution in [3.63, 3.8) is 0 Å². The standard InChI is InChI=1S/C20H22FN3O3/c21-17-11-13(6-7-22-17)10-14-12-16(24-20-18(14)26-8-9-27-20)19(25)23-15-4-2-1-3-5-15/h6-7,11-12,15H,1-5,8-10H2,(H,23,25). The molecule has 1 amide bonds. The normalized spacial score (nSPS) is 16.8. The summed E-state index contributed by atoms with van der Waals surface area (Å²) in [5.41, 5.74) is 1.79. The fourth-order valence-corrected chi connectivity index (χ4v) is 3.62. The largest absolute Gasteiger partial charge is 0.484 e. The highest BCUT2D eigenvalue weighted by Crippen LogP contribution is 2.34. The third-order valence-electron chi connectivity index (χ3n) is 4.95. The van der Waals surface area contributed by atoms with Crippen LogP contribution in [-0.2, 0) is 6.42 Å². The molecular weight excluding hydrogens is 349 g/mol. The summed E-state index contributed by atoms with van der Waals surface area (Å²) in [6, 6.07) is 5.02. The molecule has 0 spiro atoms. The number of pyridine rings is 2. The van der Waals surface area contributed by atoms with Gasteiger partial charge >= 0.3 is 0 Å². The summed E-state index contributed by atoms with van der Waals surface area (Å²) >= 11 is 0. The van der Waals surface area contributed by atoms with Crippen LogP contribution in [0.15, 0.2) is 24.4 Å². The van der Waals surface area contributed by atoms with Crippen LogP contribution in [0.1, 0.15) is 53.7 Å². The van der Waals surface area contributed by atoms with Gasteiger partial charge in [0.05, 0.1) is 0 Å². The molecule has 2 aromatic rings. The van der Waals surface area contributed by atoms with Crippen LogP contribution in [0.25, 0.3) is 0 Å².